The Bertz CT molecular complexity index is 365. The van der Waals surface area contributed by atoms with Crippen molar-refractivity contribution in [3.8, 4) is 0 Å². The van der Waals surface area contributed by atoms with Gasteiger partial charge in [0.1, 0.15) is 5.82 Å². The van der Waals surface area contributed by atoms with Gasteiger partial charge in [0.05, 0.1) is 0 Å². The predicted molar refractivity (Wildman–Crippen MR) is 71.0 cm³/mol. The van der Waals surface area contributed by atoms with E-state index < -0.39 is 0 Å². The highest BCUT2D eigenvalue weighted by atomic mass is 19.1. The van der Waals surface area contributed by atoms with Gasteiger partial charge in [0, 0.05) is 19.3 Å². The van der Waals surface area contributed by atoms with Gasteiger partial charge < -0.3 is 10.1 Å². The monoisotopic (exact) mass is 251 g/mol. The molecule has 3 heteroatoms. The van der Waals surface area contributed by atoms with E-state index in [1.54, 1.807) is 12.1 Å². The number of halogens is 1. The van der Waals surface area contributed by atoms with Crippen LogP contribution in [0.1, 0.15) is 37.8 Å². The molecule has 0 bridgehead atoms. The molecular formula is C15H22FNO. The summed E-state index contributed by atoms with van der Waals surface area (Å²) in [6, 6.07) is 6.94. The third kappa shape index (κ3) is 4.75. The van der Waals surface area contributed by atoms with Crippen LogP contribution in [0.2, 0.25) is 0 Å². The highest BCUT2D eigenvalue weighted by Crippen LogP contribution is 2.28. The van der Waals surface area contributed by atoms with Crippen molar-refractivity contribution in [1.82, 2.24) is 5.32 Å². The van der Waals surface area contributed by atoms with Gasteiger partial charge in [-0.25, -0.2) is 4.39 Å². The maximum Gasteiger partial charge on any atom is 0.123 e. The summed E-state index contributed by atoms with van der Waals surface area (Å²) in [7, 11) is 0. The first-order chi connectivity index (χ1) is 8.75. The minimum atomic E-state index is -0.172. The van der Waals surface area contributed by atoms with Gasteiger partial charge in [-0.2, -0.15) is 0 Å². The molecule has 1 N–H and O–H groups in total. The Hall–Kier alpha value is -0.930. The number of nitrogens with one attached hydrogen (secondary N) is 1. The van der Waals surface area contributed by atoms with Crippen LogP contribution >= 0.6 is 0 Å². The van der Waals surface area contributed by atoms with E-state index in [0.717, 1.165) is 37.7 Å². The molecule has 1 aliphatic rings. The number of hydrogen-bond acceptors (Lipinski definition) is 2. The summed E-state index contributed by atoms with van der Waals surface area (Å²) in [5, 5.41) is 3.38. The van der Waals surface area contributed by atoms with Crippen LogP contribution in [-0.2, 0) is 4.74 Å². The van der Waals surface area contributed by atoms with Crippen molar-refractivity contribution in [3.63, 3.8) is 0 Å². The maximum absolute atomic E-state index is 13.1. The summed E-state index contributed by atoms with van der Waals surface area (Å²) >= 11 is 0. The highest BCUT2D eigenvalue weighted by molar-refractivity contribution is 5.19. The summed E-state index contributed by atoms with van der Waals surface area (Å²) in [4.78, 5) is 0. The Morgan fingerprint density at radius 3 is 3.00 bits per heavy atom. The van der Waals surface area contributed by atoms with E-state index >= 15 is 0 Å². The molecule has 1 aromatic rings. The molecule has 0 aromatic heterocycles. The Balaban J connectivity index is 1.57. The van der Waals surface area contributed by atoms with Gasteiger partial charge in [0.25, 0.3) is 0 Å². The van der Waals surface area contributed by atoms with E-state index in [2.05, 4.69) is 12.2 Å². The molecule has 0 aliphatic heterocycles. The summed E-state index contributed by atoms with van der Waals surface area (Å²) < 4.78 is 18.6. The second-order valence-corrected chi connectivity index (χ2v) is 5.10. The molecular weight excluding hydrogens is 229 g/mol. The largest absolute Gasteiger partial charge is 0.381 e. The van der Waals surface area contributed by atoms with Crippen molar-refractivity contribution in [2.75, 3.05) is 19.8 Å². The predicted octanol–water partition coefficient (Wildman–Crippen LogP) is 3.29. The molecule has 0 saturated heterocycles. The summed E-state index contributed by atoms with van der Waals surface area (Å²) in [5.41, 5.74) is 0.994. The molecule has 18 heavy (non-hydrogen) atoms. The van der Waals surface area contributed by atoms with Crippen molar-refractivity contribution in [2.45, 2.75) is 32.2 Å². The van der Waals surface area contributed by atoms with E-state index in [9.17, 15) is 4.39 Å². The van der Waals surface area contributed by atoms with Gasteiger partial charge in [-0.1, -0.05) is 12.1 Å². The molecule has 100 valence electrons. The molecule has 0 amide bonds. The number of benzene rings is 1. The fourth-order valence-electron chi connectivity index (χ4n) is 1.92. The molecule has 1 atom stereocenters. The SMILES string of the molecule is CC(NCCCOCC1CC1)c1cccc(F)c1. The minimum Gasteiger partial charge on any atom is -0.381 e. The molecule has 1 aromatic carbocycles. The Kier molecular flexibility index (Phi) is 5.14. The van der Waals surface area contributed by atoms with Gasteiger partial charge in [0.15, 0.2) is 0 Å². The van der Waals surface area contributed by atoms with Crippen LogP contribution < -0.4 is 5.32 Å². The molecule has 0 spiro atoms. The summed E-state index contributed by atoms with van der Waals surface area (Å²) in [5.74, 6) is 0.665. The quantitative estimate of drug-likeness (QED) is 0.716. The zero-order valence-corrected chi connectivity index (χ0v) is 11.0. The Morgan fingerprint density at radius 2 is 2.28 bits per heavy atom. The summed E-state index contributed by atoms with van der Waals surface area (Å²) in [6.07, 6.45) is 3.69. The standard InChI is InChI=1S/C15H22FNO/c1-12(14-4-2-5-15(16)10-14)17-8-3-9-18-11-13-6-7-13/h2,4-5,10,12-13,17H,3,6-9,11H2,1H3. The van der Waals surface area contributed by atoms with Crippen LogP contribution in [0.5, 0.6) is 0 Å². The second kappa shape index (κ2) is 6.86. The lowest BCUT2D eigenvalue weighted by atomic mass is 10.1. The van der Waals surface area contributed by atoms with Gasteiger partial charge in [0.2, 0.25) is 0 Å². The van der Waals surface area contributed by atoms with Gasteiger partial charge in [-0.15, -0.1) is 0 Å². The molecule has 1 saturated carbocycles. The average molecular weight is 251 g/mol. The van der Waals surface area contributed by atoms with Crippen LogP contribution in [0.4, 0.5) is 4.39 Å². The number of ether oxygens (including phenoxy) is 1. The lowest BCUT2D eigenvalue weighted by Crippen LogP contribution is -2.21. The fourth-order valence-corrected chi connectivity index (χ4v) is 1.92. The van der Waals surface area contributed by atoms with Crippen molar-refractivity contribution in [1.29, 1.82) is 0 Å². The molecule has 1 fully saturated rings. The lowest BCUT2D eigenvalue weighted by Gasteiger charge is -2.14. The van der Waals surface area contributed by atoms with Crippen LogP contribution in [-0.4, -0.2) is 19.8 Å². The van der Waals surface area contributed by atoms with Crippen LogP contribution in [0, 0.1) is 11.7 Å². The zero-order chi connectivity index (χ0) is 12.8. The van der Waals surface area contributed by atoms with Crippen molar-refractivity contribution in [3.05, 3.63) is 35.6 Å². The van der Waals surface area contributed by atoms with Crippen molar-refractivity contribution in [2.24, 2.45) is 5.92 Å². The number of rotatable bonds is 8. The zero-order valence-electron chi connectivity index (χ0n) is 11.0. The van der Waals surface area contributed by atoms with E-state index in [-0.39, 0.29) is 11.9 Å². The average Bonchev–Trinajstić information content (AvgIpc) is 3.17. The molecule has 0 heterocycles. The molecule has 2 rings (SSSR count). The minimum absolute atomic E-state index is 0.172. The normalized spacial score (nSPS) is 16.8. The van der Waals surface area contributed by atoms with E-state index in [0.29, 0.717) is 0 Å². The number of hydrogen-bond donors (Lipinski definition) is 1. The van der Waals surface area contributed by atoms with E-state index in [4.69, 9.17) is 4.74 Å². The first-order valence-electron chi connectivity index (χ1n) is 6.82. The molecule has 1 unspecified atom stereocenters. The van der Waals surface area contributed by atoms with Gasteiger partial charge >= 0.3 is 0 Å². The van der Waals surface area contributed by atoms with Crippen LogP contribution in [0.25, 0.3) is 0 Å². The highest BCUT2D eigenvalue weighted by Gasteiger charge is 2.20. The summed E-state index contributed by atoms with van der Waals surface area (Å²) in [6.45, 7) is 4.71. The van der Waals surface area contributed by atoms with E-state index in [1.165, 1.54) is 18.9 Å². The molecule has 0 radical (unpaired) electrons. The van der Waals surface area contributed by atoms with Crippen LogP contribution in [0.3, 0.4) is 0 Å². The van der Waals surface area contributed by atoms with Crippen molar-refractivity contribution >= 4 is 0 Å². The second-order valence-electron chi connectivity index (χ2n) is 5.10. The fraction of sp³-hybridized carbons (Fsp3) is 0.600. The van der Waals surface area contributed by atoms with Gasteiger partial charge in [-0.05, 0) is 56.3 Å². The topological polar surface area (TPSA) is 21.3 Å². The molecule has 1 aliphatic carbocycles. The first-order valence-corrected chi connectivity index (χ1v) is 6.82. The van der Waals surface area contributed by atoms with Crippen LogP contribution in [0.15, 0.2) is 24.3 Å². The third-order valence-electron chi connectivity index (χ3n) is 3.32. The first kappa shape index (κ1) is 13.5. The third-order valence-corrected chi connectivity index (χ3v) is 3.32. The molecule has 2 nitrogen and oxygen atoms in total. The lowest BCUT2D eigenvalue weighted by molar-refractivity contribution is 0.121. The Morgan fingerprint density at radius 1 is 1.44 bits per heavy atom. The van der Waals surface area contributed by atoms with Crippen molar-refractivity contribution < 1.29 is 9.13 Å². The smallest absolute Gasteiger partial charge is 0.123 e. The van der Waals surface area contributed by atoms with E-state index in [1.807, 2.05) is 6.07 Å². The Labute approximate surface area is 109 Å². The maximum atomic E-state index is 13.1. The van der Waals surface area contributed by atoms with Gasteiger partial charge in [-0.3, -0.25) is 0 Å².